The van der Waals surface area contributed by atoms with Gasteiger partial charge in [-0.3, -0.25) is 0 Å². The molecule has 0 bridgehead atoms. The quantitative estimate of drug-likeness (QED) is 0.670. The highest BCUT2D eigenvalue weighted by Crippen LogP contribution is 2.19. The summed E-state index contributed by atoms with van der Waals surface area (Å²) in [5.74, 6) is 0. The van der Waals surface area contributed by atoms with E-state index in [0.29, 0.717) is 18.7 Å². The molecule has 6 heteroatoms. The third-order valence-corrected chi connectivity index (χ3v) is 2.75. The molecule has 0 aliphatic rings. The average Bonchev–Trinajstić information content (AvgIpc) is 2.70. The van der Waals surface area contributed by atoms with Gasteiger partial charge in [-0.15, -0.1) is 0 Å². The molecule has 1 heterocycles. The molecule has 0 radical (unpaired) electrons. The van der Waals surface area contributed by atoms with Crippen LogP contribution in [0.5, 0.6) is 0 Å². The fourth-order valence-electron chi connectivity index (χ4n) is 1.92. The highest BCUT2D eigenvalue weighted by atomic mass is 19.4. The molecule has 0 unspecified atom stereocenters. The van der Waals surface area contributed by atoms with Crippen molar-refractivity contribution in [1.82, 2.24) is 4.57 Å². The number of aryl methyl sites for hydroxylation is 1. The molecule has 3 nitrogen and oxygen atoms in total. The van der Waals surface area contributed by atoms with E-state index in [4.69, 9.17) is 5.73 Å². The molecule has 0 amide bonds. The second-order valence-corrected chi connectivity index (χ2v) is 4.35. The largest absolute Gasteiger partial charge is 0.411 e. The van der Waals surface area contributed by atoms with Crippen LogP contribution in [0.15, 0.2) is 30.5 Å². The van der Waals surface area contributed by atoms with Gasteiger partial charge in [0.25, 0.3) is 0 Å². The topological polar surface area (TPSA) is 40.2 Å². The van der Waals surface area contributed by atoms with Crippen LogP contribution in [0.3, 0.4) is 0 Å². The lowest BCUT2D eigenvalue weighted by Gasteiger charge is -2.09. The molecule has 0 atom stereocenters. The average molecular weight is 272 g/mol. The SMILES string of the molecule is Nc1ccc2ccn(CCCOCC(F)(F)F)c2c1. The first-order chi connectivity index (χ1) is 8.96. The summed E-state index contributed by atoms with van der Waals surface area (Å²) >= 11 is 0. The minimum absolute atomic E-state index is 0.0848. The predicted molar refractivity (Wildman–Crippen MR) is 67.8 cm³/mol. The lowest BCUT2D eigenvalue weighted by atomic mass is 10.2. The van der Waals surface area contributed by atoms with Crippen LogP contribution in [0.25, 0.3) is 10.9 Å². The fourth-order valence-corrected chi connectivity index (χ4v) is 1.92. The molecule has 0 spiro atoms. The number of nitrogen functional groups attached to an aromatic ring is 1. The summed E-state index contributed by atoms with van der Waals surface area (Å²) < 4.78 is 42.1. The molecule has 0 aliphatic heterocycles. The lowest BCUT2D eigenvalue weighted by Crippen LogP contribution is -2.17. The van der Waals surface area contributed by atoms with Gasteiger partial charge in [0, 0.05) is 25.0 Å². The summed E-state index contributed by atoms with van der Waals surface area (Å²) in [7, 11) is 0. The second-order valence-electron chi connectivity index (χ2n) is 4.35. The van der Waals surface area contributed by atoms with Gasteiger partial charge in [-0.05, 0) is 30.0 Å². The van der Waals surface area contributed by atoms with Crippen molar-refractivity contribution < 1.29 is 17.9 Å². The van der Waals surface area contributed by atoms with E-state index in [1.807, 2.05) is 35.0 Å². The zero-order valence-corrected chi connectivity index (χ0v) is 10.3. The van der Waals surface area contributed by atoms with Gasteiger partial charge in [0.1, 0.15) is 6.61 Å². The summed E-state index contributed by atoms with van der Waals surface area (Å²) in [6.45, 7) is -0.501. The monoisotopic (exact) mass is 272 g/mol. The smallest absolute Gasteiger partial charge is 0.399 e. The van der Waals surface area contributed by atoms with Gasteiger partial charge in [-0.2, -0.15) is 13.2 Å². The molecule has 0 saturated carbocycles. The minimum Gasteiger partial charge on any atom is -0.399 e. The number of nitrogens with zero attached hydrogens (tertiary/aromatic N) is 1. The van der Waals surface area contributed by atoms with E-state index < -0.39 is 12.8 Å². The summed E-state index contributed by atoms with van der Waals surface area (Å²) in [6, 6.07) is 7.54. The van der Waals surface area contributed by atoms with Crippen LogP contribution < -0.4 is 5.73 Å². The third-order valence-electron chi connectivity index (χ3n) is 2.75. The number of ether oxygens (including phenoxy) is 1. The molecular formula is C13H15F3N2O. The molecule has 2 aromatic rings. The van der Waals surface area contributed by atoms with Crippen molar-refractivity contribution in [3.05, 3.63) is 30.5 Å². The molecular weight excluding hydrogens is 257 g/mol. The van der Waals surface area contributed by atoms with Gasteiger partial charge in [0.2, 0.25) is 0 Å². The van der Waals surface area contributed by atoms with E-state index in [1.165, 1.54) is 0 Å². The second kappa shape index (κ2) is 5.52. The number of halogens is 3. The Bertz CT molecular complexity index is 548. The zero-order valence-electron chi connectivity index (χ0n) is 10.3. The van der Waals surface area contributed by atoms with Crippen molar-refractivity contribution in [1.29, 1.82) is 0 Å². The Morgan fingerprint density at radius 3 is 2.74 bits per heavy atom. The van der Waals surface area contributed by atoms with Crippen molar-refractivity contribution in [3.8, 4) is 0 Å². The Balaban J connectivity index is 1.86. The van der Waals surface area contributed by atoms with E-state index in [-0.39, 0.29) is 6.61 Å². The standard InChI is InChI=1S/C13H15F3N2O/c14-13(15,16)9-19-7-1-5-18-6-4-10-2-3-11(17)8-12(10)18/h2-4,6,8H,1,5,7,9,17H2. The first-order valence-electron chi connectivity index (χ1n) is 5.94. The van der Waals surface area contributed by atoms with Gasteiger partial charge >= 0.3 is 6.18 Å². The van der Waals surface area contributed by atoms with E-state index in [1.54, 1.807) is 0 Å². The van der Waals surface area contributed by atoms with Gasteiger partial charge in [0.15, 0.2) is 0 Å². The number of rotatable bonds is 5. The predicted octanol–water partition coefficient (Wildman–Crippen LogP) is 3.19. The van der Waals surface area contributed by atoms with Crippen LogP contribution in [0.1, 0.15) is 6.42 Å². The zero-order chi connectivity index (χ0) is 13.9. The van der Waals surface area contributed by atoms with Gasteiger partial charge in [-0.1, -0.05) is 6.07 Å². The number of fused-ring (bicyclic) bond motifs is 1. The Morgan fingerprint density at radius 1 is 1.21 bits per heavy atom. The van der Waals surface area contributed by atoms with Crippen LogP contribution in [-0.4, -0.2) is 24.0 Å². The number of benzene rings is 1. The third kappa shape index (κ3) is 3.89. The number of nitrogens with two attached hydrogens (primary N) is 1. The molecule has 1 aromatic carbocycles. The first-order valence-corrected chi connectivity index (χ1v) is 5.94. The highest BCUT2D eigenvalue weighted by molar-refractivity contribution is 5.83. The van der Waals surface area contributed by atoms with Crippen LogP contribution in [0.2, 0.25) is 0 Å². The maximum Gasteiger partial charge on any atom is 0.411 e. The number of hydrogen-bond acceptors (Lipinski definition) is 2. The van der Waals surface area contributed by atoms with Crippen LogP contribution >= 0.6 is 0 Å². The van der Waals surface area contributed by atoms with Gasteiger partial charge in [0.05, 0.1) is 5.52 Å². The number of hydrogen-bond donors (Lipinski definition) is 1. The van der Waals surface area contributed by atoms with E-state index in [0.717, 1.165) is 10.9 Å². The van der Waals surface area contributed by atoms with Crippen LogP contribution in [-0.2, 0) is 11.3 Å². The molecule has 2 N–H and O–H groups in total. The number of aromatic nitrogens is 1. The Labute approximate surface area is 108 Å². The molecule has 1 aromatic heterocycles. The molecule has 0 fully saturated rings. The highest BCUT2D eigenvalue weighted by Gasteiger charge is 2.27. The first kappa shape index (κ1) is 13.7. The summed E-state index contributed by atoms with van der Waals surface area (Å²) in [4.78, 5) is 0. The van der Waals surface area contributed by atoms with Crippen molar-refractivity contribution in [3.63, 3.8) is 0 Å². The molecule has 104 valence electrons. The number of anilines is 1. The minimum atomic E-state index is -4.26. The summed E-state index contributed by atoms with van der Waals surface area (Å²) in [5.41, 5.74) is 7.36. The van der Waals surface area contributed by atoms with Crippen molar-refractivity contribution in [2.75, 3.05) is 18.9 Å². The fraction of sp³-hybridized carbons (Fsp3) is 0.385. The normalized spacial score (nSPS) is 12.2. The van der Waals surface area contributed by atoms with E-state index in [9.17, 15) is 13.2 Å². The molecule has 2 rings (SSSR count). The van der Waals surface area contributed by atoms with E-state index in [2.05, 4.69) is 4.74 Å². The summed E-state index contributed by atoms with van der Waals surface area (Å²) in [6.07, 6.45) is -1.84. The summed E-state index contributed by atoms with van der Waals surface area (Å²) in [5, 5.41) is 1.06. The Hall–Kier alpha value is -1.69. The van der Waals surface area contributed by atoms with Gasteiger partial charge < -0.3 is 15.0 Å². The maximum absolute atomic E-state index is 11.9. The molecule has 0 saturated heterocycles. The van der Waals surface area contributed by atoms with Crippen molar-refractivity contribution in [2.45, 2.75) is 19.1 Å². The maximum atomic E-state index is 11.9. The Kier molecular flexibility index (Phi) is 3.99. The van der Waals surface area contributed by atoms with Gasteiger partial charge in [-0.25, -0.2) is 0 Å². The molecule has 0 aliphatic carbocycles. The lowest BCUT2D eigenvalue weighted by molar-refractivity contribution is -0.174. The number of alkyl halides is 3. The van der Waals surface area contributed by atoms with Crippen LogP contribution in [0, 0.1) is 0 Å². The Morgan fingerprint density at radius 2 is 2.00 bits per heavy atom. The van der Waals surface area contributed by atoms with Crippen molar-refractivity contribution >= 4 is 16.6 Å². The van der Waals surface area contributed by atoms with Crippen LogP contribution in [0.4, 0.5) is 18.9 Å². The van der Waals surface area contributed by atoms with Crippen molar-refractivity contribution in [2.24, 2.45) is 0 Å². The van der Waals surface area contributed by atoms with E-state index >= 15 is 0 Å². The molecule has 19 heavy (non-hydrogen) atoms.